The Bertz CT molecular complexity index is 488. The fraction of sp³-hybridized carbons (Fsp3) is 0.308. The van der Waals surface area contributed by atoms with Crippen LogP contribution in [0, 0.1) is 6.92 Å². The Morgan fingerprint density at radius 2 is 1.94 bits per heavy atom. The Balaban J connectivity index is 2.31. The Morgan fingerprint density at radius 1 is 1.24 bits per heavy atom. The van der Waals surface area contributed by atoms with Crippen molar-refractivity contribution in [2.45, 2.75) is 19.9 Å². The summed E-state index contributed by atoms with van der Waals surface area (Å²) < 4.78 is 2.14. The molecule has 4 nitrogen and oxygen atoms in total. The summed E-state index contributed by atoms with van der Waals surface area (Å²) >= 11 is 0. The third kappa shape index (κ3) is 2.47. The van der Waals surface area contributed by atoms with E-state index < -0.39 is 0 Å². The second-order valence-electron chi connectivity index (χ2n) is 4.10. The molecule has 4 N–H and O–H groups in total. The van der Waals surface area contributed by atoms with Crippen molar-refractivity contribution in [3.63, 3.8) is 0 Å². The van der Waals surface area contributed by atoms with Gasteiger partial charge in [0.2, 0.25) is 0 Å². The van der Waals surface area contributed by atoms with Gasteiger partial charge in [-0.1, -0.05) is 30.3 Å². The van der Waals surface area contributed by atoms with Gasteiger partial charge in [0.1, 0.15) is 11.6 Å². The molecule has 0 spiro atoms. The van der Waals surface area contributed by atoms with E-state index >= 15 is 0 Å². The lowest BCUT2D eigenvalue weighted by Crippen LogP contribution is -2.12. The minimum absolute atomic E-state index is 0.587. The highest BCUT2D eigenvalue weighted by molar-refractivity contribution is 5.38. The number of anilines is 1. The van der Waals surface area contributed by atoms with E-state index in [9.17, 15) is 0 Å². The van der Waals surface area contributed by atoms with E-state index in [1.54, 1.807) is 0 Å². The molecule has 1 aromatic heterocycles. The average Bonchev–Trinajstić information content (AvgIpc) is 2.58. The zero-order valence-corrected chi connectivity index (χ0v) is 10.1. The number of benzene rings is 1. The van der Waals surface area contributed by atoms with Gasteiger partial charge in [0.25, 0.3) is 0 Å². The maximum Gasteiger partial charge on any atom is 0.145 e. The molecule has 0 bridgehead atoms. The highest BCUT2D eigenvalue weighted by atomic mass is 15.1. The molecule has 90 valence electrons. The van der Waals surface area contributed by atoms with E-state index in [2.05, 4.69) is 21.7 Å². The molecule has 2 rings (SSSR count). The Morgan fingerprint density at radius 3 is 2.59 bits per heavy atom. The summed E-state index contributed by atoms with van der Waals surface area (Å²) in [5, 5.41) is 0. The predicted molar refractivity (Wildman–Crippen MR) is 69.7 cm³/mol. The van der Waals surface area contributed by atoms with Crippen molar-refractivity contribution >= 4 is 5.82 Å². The van der Waals surface area contributed by atoms with Gasteiger partial charge >= 0.3 is 0 Å². The predicted octanol–water partition coefficient (Wildman–Crippen LogP) is 1.32. The molecule has 0 atom stereocenters. The molecule has 17 heavy (non-hydrogen) atoms. The van der Waals surface area contributed by atoms with Crippen LogP contribution < -0.4 is 11.5 Å². The number of hydrogen-bond acceptors (Lipinski definition) is 3. The van der Waals surface area contributed by atoms with Crippen molar-refractivity contribution in [1.82, 2.24) is 9.55 Å². The van der Waals surface area contributed by atoms with Gasteiger partial charge in [-0.2, -0.15) is 0 Å². The second-order valence-corrected chi connectivity index (χ2v) is 4.10. The van der Waals surface area contributed by atoms with Crippen molar-refractivity contribution < 1.29 is 0 Å². The summed E-state index contributed by atoms with van der Waals surface area (Å²) in [6.07, 6.45) is 0.763. The molecule has 0 saturated heterocycles. The lowest BCUT2D eigenvalue weighted by atomic mass is 10.2. The summed E-state index contributed by atoms with van der Waals surface area (Å²) in [6, 6.07) is 10.3. The van der Waals surface area contributed by atoms with E-state index in [1.807, 2.05) is 25.1 Å². The summed E-state index contributed by atoms with van der Waals surface area (Å²) in [5.41, 5.74) is 13.8. The van der Waals surface area contributed by atoms with Crippen LogP contribution >= 0.6 is 0 Å². The van der Waals surface area contributed by atoms with E-state index in [0.717, 1.165) is 24.5 Å². The van der Waals surface area contributed by atoms with Gasteiger partial charge in [-0.15, -0.1) is 0 Å². The Kier molecular flexibility index (Phi) is 3.44. The van der Waals surface area contributed by atoms with E-state index in [4.69, 9.17) is 11.5 Å². The molecule has 0 amide bonds. The van der Waals surface area contributed by atoms with Crippen LogP contribution in [0.15, 0.2) is 30.3 Å². The first kappa shape index (κ1) is 11.7. The zero-order valence-electron chi connectivity index (χ0n) is 10.1. The van der Waals surface area contributed by atoms with Crippen LogP contribution in [0.4, 0.5) is 5.82 Å². The Hall–Kier alpha value is -1.81. The maximum absolute atomic E-state index is 5.89. The highest BCUT2D eigenvalue weighted by Crippen LogP contribution is 2.16. The molecular weight excluding hydrogens is 212 g/mol. The molecule has 0 aliphatic heterocycles. The molecule has 0 radical (unpaired) electrons. The largest absolute Gasteiger partial charge is 0.382 e. The number of nitrogen functional groups attached to an aromatic ring is 1. The van der Waals surface area contributed by atoms with Crippen LogP contribution in [0.25, 0.3) is 0 Å². The summed E-state index contributed by atoms with van der Waals surface area (Å²) in [6.45, 7) is 3.36. The number of nitrogens with two attached hydrogens (primary N) is 2. The van der Waals surface area contributed by atoms with Crippen LogP contribution in [0.5, 0.6) is 0 Å². The fourth-order valence-corrected chi connectivity index (χ4v) is 2.01. The lowest BCUT2D eigenvalue weighted by Gasteiger charge is -2.10. The van der Waals surface area contributed by atoms with Crippen molar-refractivity contribution in [2.75, 3.05) is 12.3 Å². The van der Waals surface area contributed by atoms with Crippen molar-refractivity contribution in [3.05, 3.63) is 47.4 Å². The third-order valence-corrected chi connectivity index (χ3v) is 2.86. The first-order valence-electron chi connectivity index (χ1n) is 5.78. The first-order chi connectivity index (χ1) is 8.22. The molecule has 1 aromatic carbocycles. The number of imidazole rings is 1. The van der Waals surface area contributed by atoms with Crippen LogP contribution in [0.2, 0.25) is 0 Å². The number of aryl methyl sites for hydroxylation is 1. The monoisotopic (exact) mass is 230 g/mol. The molecular formula is C13H18N4. The van der Waals surface area contributed by atoms with Gasteiger partial charge < -0.3 is 16.0 Å². The topological polar surface area (TPSA) is 69.9 Å². The highest BCUT2D eigenvalue weighted by Gasteiger charge is 2.11. The van der Waals surface area contributed by atoms with Crippen LogP contribution in [-0.2, 0) is 13.0 Å². The third-order valence-electron chi connectivity index (χ3n) is 2.86. The summed E-state index contributed by atoms with van der Waals surface area (Å²) in [7, 11) is 0. The van der Waals surface area contributed by atoms with Crippen molar-refractivity contribution in [1.29, 1.82) is 0 Å². The fourth-order valence-electron chi connectivity index (χ4n) is 2.01. The minimum Gasteiger partial charge on any atom is -0.382 e. The summed E-state index contributed by atoms with van der Waals surface area (Å²) in [4.78, 5) is 4.31. The number of aromatic nitrogens is 2. The average molecular weight is 230 g/mol. The molecule has 4 heteroatoms. The first-order valence-corrected chi connectivity index (χ1v) is 5.78. The normalized spacial score (nSPS) is 10.7. The lowest BCUT2D eigenvalue weighted by molar-refractivity contribution is 0.709. The molecule has 2 aromatic rings. The molecule has 0 aliphatic rings. The second kappa shape index (κ2) is 5.01. The van der Waals surface area contributed by atoms with Gasteiger partial charge in [-0.3, -0.25) is 0 Å². The van der Waals surface area contributed by atoms with Crippen molar-refractivity contribution in [3.8, 4) is 0 Å². The molecule has 1 heterocycles. The quantitative estimate of drug-likeness (QED) is 0.832. The SMILES string of the molecule is Cc1nc(N)c(CCN)n1Cc1ccccc1. The van der Waals surface area contributed by atoms with Crippen LogP contribution in [0.3, 0.4) is 0 Å². The number of rotatable bonds is 4. The molecule has 0 aliphatic carbocycles. The maximum atomic E-state index is 5.89. The minimum atomic E-state index is 0.587. The number of hydrogen-bond donors (Lipinski definition) is 2. The number of nitrogens with zero attached hydrogens (tertiary/aromatic N) is 2. The summed E-state index contributed by atoms with van der Waals surface area (Å²) in [5.74, 6) is 1.54. The van der Waals surface area contributed by atoms with Crippen LogP contribution in [-0.4, -0.2) is 16.1 Å². The smallest absolute Gasteiger partial charge is 0.145 e. The van der Waals surface area contributed by atoms with Gasteiger partial charge in [-0.05, 0) is 19.0 Å². The van der Waals surface area contributed by atoms with Gasteiger partial charge in [-0.25, -0.2) is 4.98 Å². The zero-order chi connectivity index (χ0) is 12.3. The van der Waals surface area contributed by atoms with Gasteiger partial charge in [0.05, 0.1) is 5.69 Å². The van der Waals surface area contributed by atoms with Gasteiger partial charge in [0.15, 0.2) is 0 Å². The Labute approximate surface area is 101 Å². The molecule has 0 fully saturated rings. The van der Waals surface area contributed by atoms with E-state index in [-0.39, 0.29) is 0 Å². The molecule has 0 unspecified atom stereocenters. The van der Waals surface area contributed by atoms with Gasteiger partial charge in [0, 0.05) is 13.0 Å². The van der Waals surface area contributed by atoms with Crippen LogP contribution in [0.1, 0.15) is 17.1 Å². The standard InChI is InChI=1S/C13H18N4/c1-10-16-13(15)12(7-8-14)17(10)9-11-5-3-2-4-6-11/h2-6H,7-9,14-15H2,1H3. The molecule has 0 saturated carbocycles. The van der Waals surface area contributed by atoms with E-state index in [1.165, 1.54) is 5.56 Å². The van der Waals surface area contributed by atoms with Crippen molar-refractivity contribution in [2.24, 2.45) is 5.73 Å². The van der Waals surface area contributed by atoms with E-state index in [0.29, 0.717) is 12.4 Å².